The van der Waals surface area contributed by atoms with Crippen molar-refractivity contribution in [1.29, 1.82) is 0 Å². The lowest BCUT2D eigenvalue weighted by molar-refractivity contribution is 0.245. The summed E-state index contributed by atoms with van der Waals surface area (Å²) in [5.41, 5.74) is 0.315. The topological polar surface area (TPSA) is 115 Å². The van der Waals surface area contributed by atoms with Gasteiger partial charge in [-0.25, -0.2) is 0 Å². The van der Waals surface area contributed by atoms with E-state index in [1.807, 2.05) is 0 Å². The van der Waals surface area contributed by atoms with Gasteiger partial charge in [-0.3, -0.25) is 4.55 Å². The highest BCUT2D eigenvalue weighted by atomic mass is 32.2. The molecule has 0 saturated carbocycles. The van der Waals surface area contributed by atoms with Crippen molar-refractivity contribution in [1.82, 2.24) is 0 Å². The second kappa shape index (κ2) is 4.89. The molecule has 0 unspecified atom stereocenters. The van der Waals surface area contributed by atoms with Crippen LogP contribution in [-0.2, 0) is 29.9 Å². The summed E-state index contributed by atoms with van der Waals surface area (Å²) in [6.45, 7) is -1.58. The van der Waals surface area contributed by atoms with E-state index in [0.29, 0.717) is 5.56 Å². The number of aliphatic hydroxyl groups is 3. The third-order valence-electron chi connectivity index (χ3n) is 2.25. The van der Waals surface area contributed by atoms with E-state index in [1.165, 1.54) is 6.07 Å². The molecule has 0 amide bonds. The van der Waals surface area contributed by atoms with Crippen molar-refractivity contribution >= 4 is 10.1 Å². The Balaban J connectivity index is 3.56. The van der Waals surface area contributed by atoms with Gasteiger partial charge < -0.3 is 15.3 Å². The molecule has 1 rings (SSSR count). The van der Waals surface area contributed by atoms with Crippen LogP contribution in [0.1, 0.15) is 16.7 Å². The summed E-state index contributed by atoms with van der Waals surface area (Å²) in [4.78, 5) is -0.462. The van der Waals surface area contributed by atoms with Crippen molar-refractivity contribution in [3.8, 4) is 0 Å². The monoisotopic (exact) mass is 248 g/mol. The second-order valence-electron chi connectivity index (χ2n) is 3.13. The van der Waals surface area contributed by atoms with E-state index in [0.717, 1.165) is 6.07 Å². The van der Waals surface area contributed by atoms with Crippen LogP contribution in [0.5, 0.6) is 0 Å². The number of benzene rings is 1. The first-order chi connectivity index (χ1) is 7.45. The van der Waals surface area contributed by atoms with E-state index >= 15 is 0 Å². The highest BCUT2D eigenvalue weighted by Gasteiger charge is 2.19. The van der Waals surface area contributed by atoms with Crippen molar-refractivity contribution < 1.29 is 28.3 Å². The third-order valence-corrected chi connectivity index (χ3v) is 3.19. The minimum atomic E-state index is -4.46. The average molecular weight is 248 g/mol. The molecular weight excluding hydrogens is 236 g/mol. The molecule has 7 heteroatoms. The molecule has 0 aliphatic heterocycles. The predicted molar refractivity (Wildman–Crippen MR) is 54.0 cm³/mol. The Kier molecular flexibility index (Phi) is 4.00. The van der Waals surface area contributed by atoms with E-state index in [1.54, 1.807) is 0 Å². The van der Waals surface area contributed by atoms with Gasteiger partial charge in [0.15, 0.2) is 0 Å². The third kappa shape index (κ3) is 2.39. The lowest BCUT2D eigenvalue weighted by atomic mass is 10.0. The maximum absolute atomic E-state index is 11.0. The van der Waals surface area contributed by atoms with Crippen LogP contribution in [0.4, 0.5) is 0 Å². The normalized spacial score (nSPS) is 11.8. The molecule has 6 nitrogen and oxygen atoms in total. The summed E-state index contributed by atoms with van der Waals surface area (Å²) in [5, 5.41) is 27.1. The summed E-state index contributed by atoms with van der Waals surface area (Å²) >= 11 is 0. The summed E-state index contributed by atoms with van der Waals surface area (Å²) < 4.78 is 30.9. The van der Waals surface area contributed by atoms with Crippen LogP contribution in [0.15, 0.2) is 17.0 Å². The highest BCUT2D eigenvalue weighted by Crippen LogP contribution is 2.23. The quantitative estimate of drug-likeness (QED) is 0.529. The molecule has 0 radical (unpaired) electrons. The van der Waals surface area contributed by atoms with Gasteiger partial charge in [0, 0.05) is 5.56 Å². The van der Waals surface area contributed by atoms with Gasteiger partial charge in [-0.05, 0) is 17.2 Å². The lowest BCUT2D eigenvalue weighted by Gasteiger charge is -2.13. The molecule has 0 aliphatic carbocycles. The Morgan fingerprint density at radius 1 is 0.938 bits per heavy atom. The van der Waals surface area contributed by atoms with Gasteiger partial charge in [0.2, 0.25) is 0 Å². The molecule has 0 aromatic heterocycles. The van der Waals surface area contributed by atoms with Crippen LogP contribution in [0.3, 0.4) is 0 Å². The molecule has 0 spiro atoms. The van der Waals surface area contributed by atoms with Crippen molar-refractivity contribution in [3.05, 3.63) is 28.8 Å². The van der Waals surface area contributed by atoms with Crippen LogP contribution >= 0.6 is 0 Å². The fourth-order valence-corrected chi connectivity index (χ4v) is 2.22. The van der Waals surface area contributed by atoms with E-state index in [4.69, 9.17) is 19.9 Å². The van der Waals surface area contributed by atoms with Crippen molar-refractivity contribution in [2.45, 2.75) is 24.7 Å². The second-order valence-corrected chi connectivity index (χ2v) is 4.52. The molecule has 1 aromatic carbocycles. The van der Waals surface area contributed by atoms with Crippen LogP contribution in [-0.4, -0.2) is 28.3 Å². The molecule has 0 bridgehead atoms. The molecule has 16 heavy (non-hydrogen) atoms. The molecular formula is C9H12O6S. The minimum Gasteiger partial charge on any atom is -0.392 e. The van der Waals surface area contributed by atoms with Crippen LogP contribution < -0.4 is 0 Å². The molecule has 4 N–H and O–H groups in total. The Labute approximate surface area is 92.5 Å². The van der Waals surface area contributed by atoms with Crippen molar-refractivity contribution in [2.75, 3.05) is 0 Å². The van der Waals surface area contributed by atoms with Crippen LogP contribution in [0.25, 0.3) is 0 Å². The zero-order valence-electron chi connectivity index (χ0n) is 8.29. The minimum absolute atomic E-state index is 0.100. The first-order valence-corrected chi connectivity index (χ1v) is 5.83. The SMILES string of the molecule is O=S(=O)(O)c1ccc(CO)c(CO)c1CO. The molecule has 0 saturated heterocycles. The fraction of sp³-hybridized carbons (Fsp3) is 0.333. The Morgan fingerprint density at radius 2 is 1.50 bits per heavy atom. The molecule has 0 fully saturated rings. The highest BCUT2D eigenvalue weighted by molar-refractivity contribution is 7.85. The maximum atomic E-state index is 11.0. The van der Waals surface area contributed by atoms with Gasteiger partial charge in [0.25, 0.3) is 10.1 Å². The van der Waals surface area contributed by atoms with Gasteiger partial charge >= 0.3 is 0 Å². The Morgan fingerprint density at radius 3 is 1.88 bits per heavy atom. The number of hydrogen-bond acceptors (Lipinski definition) is 5. The van der Waals surface area contributed by atoms with Crippen molar-refractivity contribution in [2.24, 2.45) is 0 Å². The van der Waals surface area contributed by atoms with Crippen LogP contribution in [0, 0.1) is 0 Å². The van der Waals surface area contributed by atoms with Gasteiger partial charge in [-0.15, -0.1) is 0 Å². The first kappa shape index (κ1) is 13.1. The summed E-state index contributed by atoms with van der Waals surface area (Å²) in [7, 11) is -4.46. The van der Waals surface area contributed by atoms with Crippen molar-refractivity contribution in [3.63, 3.8) is 0 Å². The van der Waals surface area contributed by atoms with Crippen LogP contribution in [0.2, 0.25) is 0 Å². The first-order valence-electron chi connectivity index (χ1n) is 4.39. The lowest BCUT2D eigenvalue weighted by Crippen LogP contribution is -2.09. The summed E-state index contributed by atoms with van der Waals surface area (Å²) in [6, 6.07) is 2.35. The molecule has 0 aliphatic rings. The average Bonchev–Trinajstić information content (AvgIpc) is 2.25. The summed E-state index contributed by atoms with van der Waals surface area (Å²) in [5.74, 6) is 0. The standard InChI is InChI=1S/C9H12O6S/c10-3-6-1-2-9(16(13,14)15)8(5-12)7(6)4-11/h1-2,10-12H,3-5H2,(H,13,14,15). The number of rotatable bonds is 4. The molecule has 0 atom stereocenters. The molecule has 1 aromatic rings. The Bertz CT molecular complexity index is 479. The fourth-order valence-electron chi connectivity index (χ4n) is 1.48. The molecule has 90 valence electrons. The zero-order chi connectivity index (χ0) is 12.3. The number of hydrogen-bond donors (Lipinski definition) is 4. The zero-order valence-corrected chi connectivity index (χ0v) is 9.11. The van der Waals surface area contributed by atoms with E-state index in [2.05, 4.69) is 0 Å². The van der Waals surface area contributed by atoms with E-state index in [9.17, 15) is 8.42 Å². The van der Waals surface area contributed by atoms with Gasteiger partial charge in [0.1, 0.15) is 0 Å². The predicted octanol–water partition coefficient (Wildman–Crippen LogP) is -0.590. The molecule has 0 heterocycles. The van der Waals surface area contributed by atoms with Gasteiger partial charge in [-0.1, -0.05) is 6.07 Å². The van der Waals surface area contributed by atoms with Gasteiger partial charge in [0.05, 0.1) is 24.7 Å². The smallest absolute Gasteiger partial charge is 0.294 e. The van der Waals surface area contributed by atoms with E-state index < -0.39 is 34.8 Å². The number of aliphatic hydroxyl groups excluding tert-OH is 3. The largest absolute Gasteiger partial charge is 0.392 e. The maximum Gasteiger partial charge on any atom is 0.294 e. The Hall–Kier alpha value is -0.990. The van der Waals surface area contributed by atoms with Gasteiger partial charge in [-0.2, -0.15) is 8.42 Å². The van der Waals surface area contributed by atoms with E-state index in [-0.39, 0.29) is 11.1 Å². The summed E-state index contributed by atoms with van der Waals surface area (Å²) in [6.07, 6.45) is 0.